The van der Waals surface area contributed by atoms with Gasteiger partial charge in [0.1, 0.15) is 35.2 Å². The first kappa shape index (κ1) is 56.6. The van der Waals surface area contributed by atoms with Crippen LogP contribution in [-0.4, -0.2) is 116 Å². The van der Waals surface area contributed by atoms with E-state index in [0.717, 1.165) is 57.4 Å². The number of aliphatic hydroxyl groups excluding tert-OH is 1. The highest BCUT2D eigenvalue weighted by molar-refractivity contribution is 14.1. The zero-order valence-electron chi connectivity index (χ0n) is 45.0. The zero-order valence-corrected chi connectivity index (χ0v) is 47.2. The van der Waals surface area contributed by atoms with Gasteiger partial charge in [-0.15, -0.1) is 0 Å². The number of carbonyl (C=O) groups excluding carboxylic acids is 4. The summed E-state index contributed by atoms with van der Waals surface area (Å²) in [7, 11) is 0. The molecule has 13 rings (SSSR count). The van der Waals surface area contributed by atoms with Crippen molar-refractivity contribution in [2.24, 2.45) is 23.5 Å². The van der Waals surface area contributed by atoms with E-state index in [4.69, 9.17) is 19.9 Å². The van der Waals surface area contributed by atoms with Crippen molar-refractivity contribution < 1.29 is 58.9 Å². The number of ketones is 4. The van der Waals surface area contributed by atoms with Crippen LogP contribution in [0.25, 0.3) is 11.1 Å². The lowest BCUT2D eigenvalue weighted by molar-refractivity contribution is -0.247. The van der Waals surface area contributed by atoms with Crippen LogP contribution in [0.5, 0.6) is 17.2 Å². The number of rotatable bonds is 11. The Morgan fingerprint density at radius 1 is 0.772 bits per heavy atom. The van der Waals surface area contributed by atoms with Crippen LogP contribution in [0, 0.1) is 21.3 Å². The monoisotopic (exact) mass is 1190 g/mol. The van der Waals surface area contributed by atoms with Crippen LogP contribution >= 0.6 is 22.6 Å². The number of halogens is 1. The molecule has 8 aliphatic rings. The molecule has 2 aliphatic heterocycles. The van der Waals surface area contributed by atoms with E-state index in [9.17, 15) is 44.7 Å². The summed E-state index contributed by atoms with van der Waals surface area (Å²) >= 11 is 2.37. The first-order valence-corrected chi connectivity index (χ1v) is 29.0. The Morgan fingerprint density at radius 2 is 1.35 bits per heavy atom. The van der Waals surface area contributed by atoms with Gasteiger partial charge in [0, 0.05) is 69.5 Å². The SMILES string of the molecule is CC(=O)[C@]1(O)Cc2c(O)c3c(c(O)c2[C@@H](O[C@H]2C[C@H](N)[C@H](O)[C@H](C)O2)C1)C(=O)c1ccccc1C3=O.CC/C(=C(\c1ccc(I)cc1)c1ccc(OCCN2CCCC2)cc1)c1ccccc1.O=C1C2CC3CC1CC(O)(C3)C2. The average molecular weight is 1190 g/mol. The number of phenolic OH excluding ortho intramolecular Hbond substituents is 2. The molecule has 5 aromatic rings. The van der Waals surface area contributed by atoms with Crippen molar-refractivity contribution in [2.75, 3.05) is 26.2 Å². The Balaban J connectivity index is 0.000000148. The third kappa shape index (κ3) is 11.7. The molecule has 0 aromatic heterocycles. The minimum absolute atomic E-state index is 0.00588. The van der Waals surface area contributed by atoms with Crippen molar-refractivity contribution in [1.29, 1.82) is 0 Å². The molecule has 0 spiro atoms. The molecule has 2 saturated heterocycles. The number of aliphatic hydroxyl groups is 3. The first-order chi connectivity index (χ1) is 37.8. The number of benzene rings is 5. The van der Waals surface area contributed by atoms with Gasteiger partial charge in [-0.2, -0.15) is 0 Å². The van der Waals surface area contributed by atoms with Gasteiger partial charge in [-0.3, -0.25) is 24.1 Å². The van der Waals surface area contributed by atoms with Gasteiger partial charge >= 0.3 is 0 Å². The second-order valence-corrected chi connectivity index (χ2v) is 24.0. The van der Waals surface area contributed by atoms with E-state index in [2.05, 4.69) is 113 Å². The Morgan fingerprint density at radius 3 is 1.92 bits per heavy atom. The third-order valence-corrected chi connectivity index (χ3v) is 18.1. The highest BCUT2D eigenvalue weighted by Gasteiger charge is 2.54. The molecule has 6 fully saturated rings. The predicted octanol–water partition coefficient (Wildman–Crippen LogP) is 9.28. The zero-order chi connectivity index (χ0) is 55.9. The molecule has 2 unspecified atom stereocenters. The lowest BCUT2D eigenvalue weighted by Gasteiger charge is -2.53. The molecule has 15 heteroatoms. The average Bonchev–Trinajstić information content (AvgIpc) is 4.08. The molecule has 4 bridgehead atoms. The number of likely N-dealkylation sites (tertiary alicyclic amines) is 1. The number of aromatic hydroxyl groups is 2. The summed E-state index contributed by atoms with van der Waals surface area (Å²) in [6.07, 6.45) is 3.87. The molecule has 14 nitrogen and oxygen atoms in total. The van der Waals surface area contributed by atoms with E-state index < -0.39 is 77.1 Å². The molecular weight excluding hydrogens is 1120 g/mol. The topological polar surface area (TPSA) is 226 Å². The fraction of sp³-hybridized carbons (Fsp3) is 0.438. The van der Waals surface area contributed by atoms with Crippen molar-refractivity contribution in [3.8, 4) is 17.2 Å². The van der Waals surface area contributed by atoms with Crippen LogP contribution in [0.2, 0.25) is 0 Å². The highest BCUT2D eigenvalue weighted by Crippen LogP contribution is 2.55. The van der Waals surface area contributed by atoms with E-state index in [1.165, 1.54) is 76.4 Å². The summed E-state index contributed by atoms with van der Waals surface area (Å²) in [5.74, 6) is -0.551. The number of Topliss-reactive ketones (excluding diaryl/α,β-unsaturated/α-hetero) is 2. The summed E-state index contributed by atoms with van der Waals surface area (Å²) in [4.78, 5) is 53.1. The van der Waals surface area contributed by atoms with Crippen molar-refractivity contribution in [3.63, 3.8) is 0 Å². The maximum absolute atomic E-state index is 13.3. The van der Waals surface area contributed by atoms with Gasteiger partial charge in [0.15, 0.2) is 23.6 Å². The lowest BCUT2D eigenvalue weighted by Crippen LogP contribution is -2.54. The molecule has 79 heavy (non-hydrogen) atoms. The maximum atomic E-state index is 13.3. The molecule has 7 N–H and O–H groups in total. The minimum Gasteiger partial charge on any atom is -0.507 e. The van der Waals surface area contributed by atoms with Gasteiger partial charge in [0.25, 0.3) is 0 Å². The van der Waals surface area contributed by atoms with Gasteiger partial charge in [0.05, 0.1) is 35.0 Å². The number of fused-ring (bicyclic) bond motifs is 3. The molecule has 8 atom stereocenters. The Hall–Kier alpha value is -5.63. The molecule has 0 amide bonds. The summed E-state index contributed by atoms with van der Waals surface area (Å²) < 4.78 is 19.0. The highest BCUT2D eigenvalue weighted by atomic mass is 127. The summed E-state index contributed by atoms with van der Waals surface area (Å²) in [6, 6.07) is 33.6. The summed E-state index contributed by atoms with van der Waals surface area (Å²) in [6.45, 7) is 9.24. The van der Waals surface area contributed by atoms with Crippen molar-refractivity contribution in [1.82, 2.24) is 4.90 Å². The van der Waals surface area contributed by atoms with Gasteiger partial charge in [-0.25, -0.2) is 0 Å². The molecule has 0 radical (unpaired) electrons. The number of ether oxygens (including phenoxy) is 3. The van der Waals surface area contributed by atoms with Gasteiger partial charge in [0.2, 0.25) is 0 Å². The first-order valence-electron chi connectivity index (χ1n) is 27.9. The van der Waals surface area contributed by atoms with Crippen molar-refractivity contribution >= 4 is 56.9 Å². The van der Waals surface area contributed by atoms with Crippen LogP contribution in [0.15, 0.2) is 103 Å². The Kier molecular flexibility index (Phi) is 16.8. The van der Waals surface area contributed by atoms with Gasteiger partial charge < -0.3 is 45.5 Å². The lowest BCUT2D eigenvalue weighted by atomic mass is 9.54. The fourth-order valence-corrected chi connectivity index (χ4v) is 13.8. The van der Waals surface area contributed by atoms with Crippen LogP contribution in [0.1, 0.15) is 151 Å². The molecule has 5 aromatic carbocycles. The summed E-state index contributed by atoms with van der Waals surface area (Å²) in [5.41, 5.74) is 9.37. The van der Waals surface area contributed by atoms with Gasteiger partial charge in [-0.1, -0.05) is 85.8 Å². The van der Waals surface area contributed by atoms with Gasteiger partial charge in [-0.05, 0) is 159 Å². The number of hydrogen-bond donors (Lipinski definition) is 6. The standard InChI is InChI=1S/C28H30INO.C26H27NO9.C10H14O2/c1-2-27(22-8-4-3-5-9-22)28(23-10-14-25(29)15-11-23)24-12-16-26(17-13-24)31-21-20-30-18-6-7-19-30;1-10-21(29)15(27)7-17(35-10)36-16-9-26(34,11(2)28)8-14-18(16)25(33)20-19(24(14)32)22(30)12-5-3-4-6-13(12)23(20)31;11-9-7-1-6-2-8(9)5-10(12,3-6)4-7/h3-5,8-17H,2,6-7,18-21H2,1H3;3-6,10,15-17,21,29,32-34H,7-9,27H2,1-2H3;6-8,12H,1-5H2/b28-27-;;/t;10-,15-,16-,17-,21+,26-;/m.0./s1. The fourth-order valence-electron chi connectivity index (χ4n) is 13.4. The number of carbonyl (C=O) groups is 4. The molecule has 2 heterocycles. The number of allylic oxidation sites excluding steroid dienone is 1. The van der Waals surface area contributed by atoms with E-state index in [0.29, 0.717) is 11.7 Å². The van der Waals surface area contributed by atoms with Crippen molar-refractivity contribution in [3.05, 3.63) is 157 Å². The second kappa shape index (κ2) is 23.5. The molecular formula is C64H71IN2O12. The minimum atomic E-state index is -1.97. The smallest absolute Gasteiger partial charge is 0.198 e. The van der Waals surface area contributed by atoms with Crippen LogP contribution in [0.4, 0.5) is 0 Å². The van der Waals surface area contributed by atoms with Crippen LogP contribution < -0.4 is 10.5 Å². The van der Waals surface area contributed by atoms with Crippen LogP contribution in [0.3, 0.4) is 0 Å². The third-order valence-electron chi connectivity index (χ3n) is 17.4. The molecule has 416 valence electrons. The van der Waals surface area contributed by atoms with Crippen molar-refractivity contribution in [2.45, 2.75) is 133 Å². The predicted molar refractivity (Wildman–Crippen MR) is 307 cm³/mol. The second-order valence-electron chi connectivity index (χ2n) is 22.8. The Bertz CT molecular complexity index is 3110. The van der Waals surface area contributed by atoms with Crippen LogP contribution in [-0.2, 0) is 25.5 Å². The number of hydrogen-bond acceptors (Lipinski definition) is 14. The maximum Gasteiger partial charge on any atom is 0.198 e. The molecule has 4 saturated carbocycles. The Labute approximate surface area is 475 Å². The number of nitrogens with two attached hydrogens (primary N) is 1. The quantitative estimate of drug-likeness (QED) is 0.0404. The van der Waals surface area contributed by atoms with E-state index in [-0.39, 0.29) is 58.1 Å². The number of nitrogens with zero attached hydrogens (tertiary/aromatic N) is 1. The normalized spacial score (nSPS) is 28.8. The molecule has 6 aliphatic carbocycles. The number of phenols is 2. The van der Waals surface area contributed by atoms with E-state index >= 15 is 0 Å². The van der Waals surface area contributed by atoms with E-state index in [1.807, 2.05) is 0 Å². The largest absolute Gasteiger partial charge is 0.507 e. The summed E-state index contributed by atoms with van der Waals surface area (Å²) in [5, 5.41) is 53.9. The van der Waals surface area contributed by atoms with E-state index in [1.54, 1.807) is 19.1 Å².